The second kappa shape index (κ2) is 14.7. The Morgan fingerprint density at radius 3 is 2.36 bits per heavy atom. The number of guanidine groups is 1. The van der Waals surface area contributed by atoms with Gasteiger partial charge in [-0.25, -0.2) is 9.97 Å². The second-order valence-corrected chi connectivity index (χ2v) is 7.93. The first-order valence-electron chi connectivity index (χ1n) is 11.2. The van der Waals surface area contributed by atoms with E-state index >= 15 is 0 Å². The molecule has 2 rings (SSSR count). The number of carbonyl (C=O) groups excluding carboxylic acids is 2. The standard InChI is InChI=1S/C22H31ClN8O5/c23-18-20(25)29-19(24)17(28-18)21(35)30-22(26)27-8-2-1-3-14-4-6-15(7-5-14)36-13-16(34)31(9-11-32)10-12-33/h4-7,32-33H,1-3,8-13H2,(H4,24,25,29)(H3,26,27,30,35). The molecule has 9 N–H and O–H groups in total. The summed E-state index contributed by atoms with van der Waals surface area (Å²) in [6.07, 6.45) is 2.34. The SMILES string of the molecule is NC(=NCCCCc1ccc(OCC(=O)N(CCO)CCO)cc1)NC(=O)c1nc(Cl)c(N)nc1N. The fourth-order valence-electron chi connectivity index (χ4n) is 3.06. The van der Waals surface area contributed by atoms with Gasteiger partial charge in [-0.3, -0.25) is 19.9 Å². The zero-order valence-electron chi connectivity index (χ0n) is 19.7. The maximum atomic E-state index is 12.2. The molecule has 0 aliphatic heterocycles. The first kappa shape index (κ1) is 28.6. The van der Waals surface area contributed by atoms with Gasteiger partial charge in [0.05, 0.1) is 13.2 Å². The summed E-state index contributed by atoms with van der Waals surface area (Å²) < 4.78 is 5.50. The summed E-state index contributed by atoms with van der Waals surface area (Å²) in [6, 6.07) is 7.35. The third kappa shape index (κ3) is 9.17. The number of hydrogen-bond acceptors (Lipinski definition) is 10. The number of halogens is 1. The van der Waals surface area contributed by atoms with E-state index in [4.69, 9.17) is 43.8 Å². The molecule has 36 heavy (non-hydrogen) atoms. The van der Waals surface area contributed by atoms with Crippen molar-refractivity contribution in [3.63, 3.8) is 0 Å². The average Bonchev–Trinajstić information content (AvgIpc) is 2.85. The van der Waals surface area contributed by atoms with E-state index in [1.807, 2.05) is 12.1 Å². The lowest BCUT2D eigenvalue weighted by molar-refractivity contribution is -0.134. The monoisotopic (exact) mass is 522 g/mol. The number of nitrogens with one attached hydrogen (secondary N) is 1. The maximum Gasteiger partial charge on any atom is 0.280 e. The summed E-state index contributed by atoms with van der Waals surface area (Å²) in [5.74, 6) is -0.795. The van der Waals surface area contributed by atoms with Gasteiger partial charge in [0, 0.05) is 19.6 Å². The number of unbranched alkanes of at least 4 members (excludes halogenated alkanes) is 1. The van der Waals surface area contributed by atoms with Gasteiger partial charge in [0.1, 0.15) is 5.75 Å². The molecule has 0 atom stereocenters. The lowest BCUT2D eigenvalue weighted by atomic mass is 10.1. The number of ether oxygens (including phenoxy) is 1. The zero-order valence-corrected chi connectivity index (χ0v) is 20.4. The highest BCUT2D eigenvalue weighted by atomic mass is 35.5. The van der Waals surface area contributed by atoms with Crippen molar-refractivity contribution < 1.29 is 24.5 Å². The lowest BCUT2D eigenvalue weighted by Crippen LogP contribution is -2.38. The number of hydrogen-bond donors (Lipinski definition) is 6. The molecule has 196 valence electrons. The van der Waals surface area contributed by atoms with Crippen LogP contribution in [0, 0.1) is 0 Å². The van der Waals surface area contributed by atoms with Crippen molar-refractivity contribution in [1.29, 1.82) is 0 Å². The number of nitrogens with two attached hydrogens (primary N) is 3. The normalized spacial score (nSPS) is 11.2. The highest BCUT2D eigenvalue weighted by Gasteiger charge is 2.16. The maximum absolute atomic E-state index is 12.2. The number of benzene rings is 1. The molecule has 0 spiro atoms. The molecular weight excluding hydrogens is 492 g/mol. The summed E-state index contributed by atoms with van der Waals surface area (Å²) >= 11 is 5.77. The van der Waals surface area contributed by atoms with Crippen LogP contribution in [0.2, 0.25) is 5.15 Å². The van der Waals surface area contributed by atoms with Crippen LogP contribution in [0.5, 0.6) is 5.75 Å². The lowest BCUT2D eigenvalue weighted by Gasteiger charge is -2.20. The van der Waals surface area contributed by atoms with Crippen LogP contribution in [0.3, 0.4) is 0 Å². The van der Waals surface area contributed by atoms with Crippen LogP contribution in [-0.2, 0) is 11.2 Å². The molecule has 0 radical (unpaired) electrons. The molecule has 14 heteroatoms. The van der Waals surface area contributed by atoms with Crippen molar-refractivity contribution in [2.24, 2.45) is 10.7 Å². The van der Waals surface area contributed by atoms with E-state index in [-0.39, 0.29) is 67.3 Å². The fraction of sp³-hybridized carbons (Fsp3) is 0.409. The van der Waals surface area contributed by atoms with Crippen molar-refractivity contribution in [3.05, 3.63) is 40.7 Å². The number of carbonyl (C=O) groups is 2. The molecule has 0 aliphatic carbocycles. The molecule has 13 nitrogen and oxygen atoms in total. The molecule has 2 amide bonds. The number of nitrogen functional groups attached to an aromatic ring is 2. The minimum atomic E-state index is -0.693. The van der Waals surface area contributed by atoms with Crippen LogP contribution in [-0.4, -0.2) is 82.3 Å². The molecule has 2 aromatic rings. The Kier molecular flexibility index (Phi) is 11.6. The van der Waals surface area contributed by atoms with Crippen LogP contribution in [0.1, 0.15) is 28.9 Å². The van der Waals surface area contributed by atoms with Gasteiger partial charge in [-0.05, 0) is 37.0 Å². The van der Waals surface area contributed by atoms with Gasteiger partial charge in [0.2, 0.25) is 0 Å². The average molecular weight is 523 g/mol. The first-order chi connectivity index (χ1) is 17.2. The van der Waals surface area contributed by atoms with E-state index in [1.54, 1.807) is 12.1 Å². The summed E-state index contributed by atoms with van der Waals surface area (Å²) in [4.78, 5) is 37.3. The van der Waals surface area contributed by atoms with Crippen molar-refractivity contribution in [2.75, 3.05) is 50.9 Å². The number of aromatic nitrogens is 2. The smallest absolute Gasteiger partial charge is 0.280 e. The molecule has 1 aromatic heterocycles. The van der Waals surface area contributed by atoms with Crippen LogP contribution in [0.25, 0.3) is 0 Å². The number of anilines is 2. The van der Waals surface area contributed by atoms with Gasteiger partial charge < -0.3 is 37.1 Å². The zero-order chi connectivity index (χ0) is 26.5. The van der Waals surface area contributed by atoms with E-state index in [0.717, 1.165) is 24.8 Å². The van der Waals surface area contributed by atoms with Crippen molar-refractivity contribution in [2.45, 2.75) is 19.3 Å². The Labute approximate surface area is 213 Å². The molecule has 0 fully saturated rings. The number of nitrogens with zero attached hydrogens (tertiary/aromatic N) is 4. The Bertz CT molecular complexity index is 1050. The number of amides is 2. The summed E-state index contributed by atoms with van der Waals surface area (Å²) in [5.41, 5.74) is 17.8. The Balaban J connectivity index is 1.72. The Morgan fingerprint density at radius 1 is 1.06 bits per heavy atom. The molecule has 0 bridgehead atoms. The number of rotatable bonds is 13. The molecule has 1 aromatic carbocycles. The number of aliphatic imine (C=N–C) groups is 1. The van der Waals surface area contributed by atoms with Gasteiger partial charge >= 0.3 is 0 Å². The molecular formula is C22H31ClN8O5. The van der Waals surface area contributed by atoms with Gasteiger partial charge in [0.25, 0.3) is 11.8 Å². The summed E-state index contributed by atoms with van der Waals surface area (Å²) in [6.45, 7) is 0.138. The van der Waals surface area contributed by atoms with Gasteiger partial charge in [-0.1, -0.05) is 23.7 Å². The third-order valence-corrected chi connectivity index (χ3v) is 5.17. The van der Waals surface area contributed by atoms with Crippen LogP contribution in [0.15, 0.2) is 29.3 Å². The van der Waals surface area contributed by atoms with Crippen LogP contribution >= 0.6 is 11.6 Å². The van der Waals surface area contributed by atoms with E-state index in [1.165, 1.54) is 4.90 Å². The van der Waals surface area contributed by atoms with Gasteiger partial charge in [0.15, 0.2) is 35.0 Å². The van der Waals surface area contributed by atoms with E-state index in [9.17, 15) is 9.59 Å². The Morgan fingerprint density at radius 2 is 1.72 bits per heavy atom. The number of aliphatic hydroxyl groups excluding tert-OH is 2. The number of aryl methyl sites for hydroxylation is 1. The molecule has 0 saturated carbocycles. The predicted molar refractivity (Wildman–Crippen MR) is 135 cm³/mol. The number of aliphatic hydroxyl groups is 2. The second-order valence-electron chi connectivity index (χ2n) is 7.57. The highest BCUT2D eigenvalue weighted by Crippen LogP contribution is 2.17. The molecule has 1 heterocycles. The third-order valence-electron chi connectivity index (χ3n) is 4.90. The Hall–Kier alpha value is -3.68. The van der Waals surface area contributed by atoms with E-state index in [0.29, 0.717) is 12.3 Å². The molecule has 0 saturated heterocycles. The van der Waals surface area contributed by atoms with E-state index in [2.05, 4.69) is 20.3 Å². The summed E-state index contributed by atoms with van der Waals surface area (Å²) in [5, 5.41) is 20.2. The van der Waals surface area contributed by atoms with Crippen molar-refractivity contribution in [3.8, 4) is 5.75 Å². The van der Waals surface area contributed by atoms with E-state index < -0.39 is 5.91 Å². The topological polar surface area (TPSA) is 215 Å². The van der Waals surface area contributed by atoms with Crippen LogP contribution < -0.4 is 27.3 Å². The summed E-state index contributed by atoms with van der Waals surface area (Å²) in [7, 11) is 0. The molecule has 0 unspecified atom stereocenters. The van der Waals surface area contributed by atoms with Crippen molar-refractivity contribution in [1.82, 2.24) is 20.2 Å². The minimum Gasteiger partial charge on any atom is -0.484 e. The fourth-order valence-corrected chi connectivity index (χ4v) is 3.18. The predicted octanol–water partition coefficient (Wildman–Crippen LogP) is -0.446. The van der Waals surface area contributed by atoms with Gasteiger partial charge in [-0.15, -0.1) is 0 Å². The van der Waals surface area contributed by atoms with Crippen LogP contribution in [0.4, 0.5) is 11.6 Å². The molecule has 0 aliphatic rings. The highest BCUT2D eigenvalue weighted by molar-refractivity contribution is 6.31. The quantitative estimate of drug-likeness (QED) is 0.113. The van der Waals surface area contributed by atoms with Crippen molar-refractivity contribution >= 4 is 41.0 Å². The first-order valence-corrected chi connectivity index (χ1v) is 11.5. The van der Waals surface area contributed by atoms with Gasteiger partial charge in [-0.2, -0.15) is 0 Å². The largest absolute Gasteiger partial charge is 0.484 e. The minimum absolute atomic E-state index is 0.0792.